The Labute approximate surface area is 101 Å². The molecule has 1 aliphatic carbocycles. The first-order chi connectivity index (χ1) is 6.57. The number of ether oxygens (including phenoxy) is 1. The van der Waals surface area contributed by atoms with E-state index in [2.05, 4.69) is 44.8 Å². The molecule has 0 spiro atoms. The summed E-state index contributed by atoms with van der Waals surface area (Å²) in [6.07, 6.45) is 2.51. The first-order valence-electron chi connectivity index (χ1n) is 4.60. The smallest absolute Gasteiger partial charge is 0.136 e. The predicted molar refractivity (Wildman–Crippen MR) is 65.0 cm³/mol. The third kappa shape index (κ3) is 1.72. The van der Waals surface area contributed by atoms with Gasteiger partial charge in [0.05, 0.1) is 11.6 Å². The lowest BCUT2D eigenvalue weighted by molar-refractivity contribution is 0.402. The minimum Gasteiger partial charge on any atom is -0.495 e. The molecular weight excluding hydrogens is 308 g/mol. The first-order valence-corrected chi connectivity index (χ1v) is 6.19. The van der Waals surface area contributed by atoms with E-state index in [-0.39, 0.29) is 0 Å². The van der Waals surface area contributed by atoms with Crippen molar-refractivity contribution in [1.82, 2.24) is 0 Å². The zero-order valence-corrected chi connectivity index (χ0v) is 11.4. The van der Waals surface area contributed by atoms with Crippen molar-refractivity contribution in [3.05, 3.63) is 26.6 Å². The Bertz CT molecular complexity index is 370. The van der Waals surface area contributed by atoms with Crippen molar-refractivity contribution in [2.75, 3.05) is 7.11 Å². The molecule has 0 amide bonds. The highest BCUT2D eigenvalue weighted by atomic mass is 79.9. The van der Waals surface area contributed by atoms with Crippen LogP contribution in [0.2, 0.25) is 0 Å². The fourth-order valence-electron chi connectivity index (χ4n) is 1.67. The normalized spacial score (nSPS) is 18.0. The molecule has 1 aromatic rings. The van der Waals surface area contributed by atoms with E-state index in [9.17, 15) is 0 Å². The molecule has 76 valence electrons. The van der Waals surface area contributed by atoms with Gasteiger partial charge in [-0.3, -0.25) is 0 Å². The van der Waals surface area contributed by atoms with Gasteiger partial charge >= 0.3 is 0 Å². The van der Waals surface area contributed by atoms with Crippen molar-refractivity contribution >= 4 is 31.9 Å². The van der Waals surface area contributed by atoms with Crippen molar-refractivity contribution in [2.24, 2.45) is 0 Å². The van der Waals surface area contributed by atoms with Crippen LogP contribution in [0.3, 0.4) is 0 Å². The second-order valence-corrected chi connectivity index (χ2v) is 5.80. The minimum absolute atomic E-state index is 0.331. The third-order valence-electron chi connectivity index (χ3n) is 2.86. The Morgan fingerprint density at radius 2 is 1.93 bits per heavy atom. The maximum Gasteiger partial charge on any atom is 0.136 e. The Hall–Kier alpha value is -0.0200. The molecule has 0 bridgehead atoms. The molecular formula is C11H12Br2O. The van der Waals surface area contributed by atoms with E-state index >= 15 is 0 Å². The number of benzene rings is 1. The maximum absolute atomic E-state index is 5.43. The molecule has 0 atom stereocenters. The summed E-state index contributed by atoms with van der Waals surface area (Å²) in [6.45, 7) is 2.28. The second kappa shape index (κ2) is 3.53. The summed E-state index contributed by atoms with van der Waals surface area (Å²) in [7, 11) is 1.73. The summed E-state index contributed by atoms with van der Waals surface area (Å²) >= 11 is 7.03. The molecule has 0 aliphatic heterocycles. The summed E-state index contributed by atoms with van der Waals surface area (Å²) in [5.41, 5.74) is 1.64. The molecule has 1 saturated carbocycles. The zero-order chi connectivity index (χ0) is 10.3. The fraction of sp³-hybridized carbons (Fsp3) is 0.455. The average Bonchev–Trinajstić information content (AvgIpc) is 2.84. The molecule has 0 radical (unpaired) electrons. The second-order valence-electron chi connectivity index (χ2n) is 4.03. The minimum atomic E-state index is 0.331. The van der Waals surface area contributed by atoms with E-state index < -0.39 is 0 Å². The van der Waals surface area contributed by atoms with Gasteiger partial charge in [0.2, 0.25) is 0 Å². The Balaban J connectivity index is 2.56. The molecule has 1 aromatic carbocycles. The van der Waals surface area contributed by atoms with Gasteiger partial charge in [0, 0.05) is 10.0 Å². The lowest BCUT2D eigenvalue weighted by atomic mass is 9.97. The van der Waals surface area contributed by atoms with Gasteiger partial charge in [-0.2, -0.15) is 0 Å². The summed E-state index contributed by atoms with van der Waals surface area (Å²) in [5.74, 6) is 0.980. The van der Waals surface area contributed by atoms with Crippen molar-refractivity contribution < 1.29 is 4.74 Å². The van der Waals surface area contributed by atoms with Gasteiger partial charge in [-0.1, -0.05) is 22.9 Å². The molecule has 0 unspecified atom stereocenters. The van der Waals surface area contributed by atoms with Crippen LogP contribution < -0.4 is 4.74 Å². The van der Waals surface area contributed by atoms with Crippen molar-refractivity contribution in [3.63, 3.8) is 0 Å². The number of methoxy groups -OCH3 is 1. The van der Waals surface area contributed by atoms with E-state index in [4.69, 9.17) is 4.74 Å². The van der Waals surface area contributed by atoms with Gasteiger partial charge in [-0.05, 0) is 46.3 Å². The SMILES string of the molecule is COc1c(Br)cc(Br)cc1C1(C)CC1. The molecule has 0 saturated heterocycles. The maximum atomic E-state index is 5.43. The van der Waals surface area contributed by atoms with Crippen molar-refractivity contribution in [2.45, 2.75) is 25.2 Å². The molecule has 0 aromatic heterocycles. The Morgan fingerprint density at radius 1 is 1.29 bits per heavy atom. The number of hydrogen-bond donors (Lipinski definition) is 0. The quantitative estimate of drug-likeness (QED) is 0.791. The highest BCUT2D eigenvalue weighted by Crippen LogP contribution is 2.52. The topological polar surface area (TPSA) is 9.23 Å². The van der Waals surface area contributed by atoms with Crippen LogP contribution in [0, 0.1) is 0 Å². The van der Waals surface area contributed by atoms with Gasteiger partial charge in [0.25, 0.3) is 0 Å². The van der Waals surface area contributed by atoms with Crippen LogP contribution in [-0.4, -0.2) is 7.11 Å². The van der Waals surface area contributed by atoms with Gasteiger partial charge in [-0.25, -0.2) is 0 Å². The number of halogens is 2. The third-order valence-corrected chi connectivity index (χ3v) is 3.91. The molecule has 0 heterocycles. The van der Waals surface area contributed by atoms with Crippen LogP contribution in [0.15, 0.2) is 21.1 Å². The summed E-state index contributed by atoms with van der Waals surface area (Å²) in [6, 6.07) is 4.19. The van der Waals surface area contributed by atoms with Crippen LogP contribution in [-0.2, 0) is 5.41 Å². The fourth-order valence-corrected chi connectivity index (χ4v) is 3.06. The Morgan fingerprint density at radius 3 is 2.43 bits per heavy atom. The number of hydrogen-bond acceptors (Lipinski definition) is 1. The molecule has 1 nitrogen and oxygen atoms in total. The average molecular weight is 320 g/mol. The number of rotatable bonds is 2. The largest absolute Gasteiger partial charge is 0.495 e. The highest BCUT2D eigenvalue weighted by Gasteiger charge is 2.41. The first kappa shape index (κ1) is 10.5. The van der Waals surface area contributed by atoms with E-state index in [0.717, 1.165) is 14.7 Å². The van der Waals surface area contributed by atoms with Gasteiger partial charge in [0.15, 0.2) is 0 Å². The van der Waals surface area contributed by atoms with Gasteiger partial charge in [-0.15, -0.1) is 0 Å². The van der Waals surface area contributed by atoms with E-state index in [1.165, 1.54) is 18.4 Å². The van der Waals surface area contributed by atoms with E-state index in [0.29, 0.717) is 5.41 Å². The van der Waals surface area contributed by atoms with Gasteiger partial charge < -0.3 is 4.74 Å². The van der Waals surface area contributed by atoms with Crippen LogP contribution in [0.5, 0.6) is 5.75 Å². The van der Waals surface area contributed by atoms with Crippen molar-refractivity contribution in [1.29, 1.82) is 0 Å². The molecule has 0 N–H and O–H groups in total. The van der Waals surface area contributed by atoms with Crippen LogP contribution in [0.4, 0.5) is 0 Å². The van der Waals surface area contributed by atoms with Crippen LogP contribution >= 0.6 is 31.9 Å². The van der Waals surface area contributed by atoms with Crippen molar-refractivity contribution in [3.8, 4) is 5.75 Å². The Kier molecular flexibility index (Phi) is 2.64. The lowest BCUT2D eigenvalue weighted by Gasteiger charge is -2.16. The molecule has 1 aliphatic rings. The van der Waals surface area contributed by atoms with Gasteiger partial charge in [0.1, 0.15) is 5.75 Å². The zero-order valence-electron chi connectivity index (χ0n) is 8.23. The predicted octanol–water partition coefficient (Wildman–Crippen LogP) is 4.27. The van der Waals surface area contributed by atoms with E-state index in [1.807, 2.05) is 6.07 Å². The lowest BCUT2D eigenvalue weighted by Crippen LogP contribution is -2.03. The van der Waals surface area contributed by atoms with Crippen LogP contribution in [0.25, 0.3) is 0 Å². The molecule has 1 fully saturated rings. The summed E-state index contributed by atoms with van der Waals surface area (Å²) < 4.78 is 7.56. The highest BCUT2D eigenvalue weighted by molar-refractivity contribution is 9.11. The molecule has 3 heteroatoms. The van der Waals surface area contributed by atoms with E-state index in [1.54, 1.807) is 7.11 Å². The standard InChI is InChI=1S/C11H12Br2O/c1-11(3-4-11)8-5-7(12)6-9(13)10(8)14-2/h5-6H,3-4H2,1-2H3. The monoisotopic (exact) mass is 318 g/mol. The summed E-state index contributed by atoms with van der Waals surface area (Å²) in [4.78, 5) is 0. The van der Waals surface area contributed by atoms with Crippen LogP contribution in [0.1, 0.15) is 25.3 Å². The summed E-state index contributed by atoms with van der Waals surface area (Å²) in [5, 5.41) is 0. The molecule has 14 heavy (non-hydrogen) atoms. The molecule has 2 rings (SSSR count).